The molecule has 1 aromatic rings. The van der Waals surface area contributed by atoms with Gasteiger partial charge in [0.05, 0.1) is 23.7 Å². The first-order valence-electron chi connectivity index (χ1n) is 7.30. The number of carbonyl (C=O) groups excluding carboxylic acids is 2. The highest BCUT2D eigenvalue weighted by Gasteiger charge is 2.31. The summed E-state index contributed by atoms with van der Waals surface area (Å²) in [5, 5.41) is 2.21. The summed E-state index contributed by atoms with van der Waals surface area (Å²) in [4.78, 5) is 24.3. The molecule has 8 nitrogen and oxygen atoms in total. The summed E-state index contributed by atoms with van der Waals surface area (Å²) in [5.41, 5.74) is 0. The maximum atomic E-state index is 12.7. The topological polar surface area (TPSA) is 96.0 Å². The second-order valence-corrected chi connectivity index (χ2v) is 7.96. The normalized spacial score (nSPS) is 16.4. The highest BCUT2D eigenvalue weighted by molar-refractivity contribution is 7.89. The van der Waals surface area contributed by atoms with Gasteiger partial charge in [-0.2, -0.15) is 4.31 Å². The number of sulfonamides is 1. The highest BCUT2D eigenvalue weighted by atomic mass is 35.5. The average molecular weight is 410 g/mol. The Hall–Kier alpha value is -1.39. The molecule has 0 aromatic heterocycles. The summed E-state index contributed by atoms with van der Waals surface area (Å²) in [6.07, 6.45) is -0.832. The van der Waals surface area contributed by atoms with Crippen molar-refractivity contribution < 1.29 is 22.7 Å². The van der Waals surface area contributed by atoms with Gasteiger partial charge in [-0.1, -0.05) is 29.3 Å². The zero-order chi connectivity index (χ0) is 18.6. The molecule has 25 heavy (non-hydrogen) atoms. The first kappa shape index (κ1) is 19.9. The van der Waals surface area contributed by atoms with E-state index in [1.165, 1.54) is 22.5 Å². The predicted octanol–water partition coefficient (Wildman–Crippen LogP) is 1.18. The van der Waals surface area contributed by atoms with Crippen molar-refractivity contribution in [2.45, 2.75) is 4.90 Å². The minimum absolute atomic E-state index is 0.0101. The Kier molecular flexibility index (Phi) is 6.64. The number of rotatable bonds is 4. The largest absolute Gasteiger partial charge is 0.453 e. The molecule has 11 heteroatoms. The molecule has 1 aliphatic rings. The number of nitrogens with zero attached hydrogens (tertiary/aromatic N) is 2. The minimum Gasteiger partial charge on any atom is -0.453 e. The van der Waals surface area contributed by atoms with Crippen LogP contribution in [0.5, 0.6) is 0 Å². The van der Waals surface area contributed by atoms with E-state index in [9.17, 15) is 18.0 Å². The number of carbonyl (C=O) groups is 2. The molecule has 1 aliphatic heterocycles. The molecule has 1 aromatic carbocycles. The van der Waals surface area contributed by atoms with E-state index in [0.29, 0.717) is 13.1 Å². The summed E-state index contributed by atoms with van der Waals surface area (Å²) >= 11 is 11.9. The van der Waals surface area contributed by atoms with Crippen LogP contribution in [0.2, 0.25) is 10.0 Å². The van der Waals surface area contributed by atoms with E-state index in [2.05, 4.69) is 10.1 Å². The molecular weight excluding hydrogens is 393 g/mol. The predicted molar refractivity (Wildman–Crippen MR) is 92.2 cm³/mol. The van der Waals surface area contributed by atoms with Gasteiger partial charge in [0.15, 0.2) is 0 Å². The fraction of sp³-hybridized carbons (Fsp3) is 0.429. The number of imide groups is 1. The summed E-state index contributed by atoms with van der Waals surface area (Å²) in [6.45, 7) is 1.03. The second-order valence-electron chi connectivity index (χ2n) is 5.27. The number of amides is 2. The van der Waals surface area contributed by atoms with Crippen LogP contribution in [0.25, 0.3) is 0 Å². The molecule has 0 radical (unpaired) electrons. The molecule has 2 rings (SSSR count). The third-order valence-corrected chi connectivity index (χ3v) is 6.53. The van der Waals surface area contributed by atoms with Crippen LogP contribution in [0.4, 0.5) is 4.79 Å². The molecule has 0 atom stereocenters. The highest BCUT2D eigenvalue weighted by Crippen LogP contribution is 2.31. The van der Waals surface area contributed by atoms with Crippen molar-refractivity contribution in [3.8, 4) is 0 Å². The van der Waals surface area contributed by atoms with Gasteiger partial charge < -0.3 is 4.74 Å². The maximum Gasteiger partial charge on any atom is 0.413 e. The number of methoxy groups -OCH3 is 1. The monoisotopic (exact) mass is 409 g/mol. The first-order valence-corrected chi connectivity index (χ1v) is 9.49. The molecule has 0 bridgehead atoms. The molecule has 1 fully saturated rings. The molecule has 0 spiro atoms. The number of benzene rings is 1. The van der Waals surface area contributed by atoms with Crippen molar-refractivity contribution in [2.24, 2.45) is 0 Å². The van der Waals surface area contributed by atoms with Crippen molar-refractivity contribution in [2.75, 3.05) is 39.8 Å². The van der Waals surface area contributed by atoms with Crippen LogP contribution in [0.3, 0.4) is 0 Å². The Balaban J connectivity index is 1.98. The molecule has 1 N–H and O–H groups in total. The maximum absolute atomic E-state index is 12.7. The lowest BCUT2D eigenvalue weighted by Gasteiger charge is -2.33. The number of nitrogens with one attached hydrogen (secondary N) is 1. The molecule has 2 amide bonds. The Morgan fingerprint density at radius 1 is 1.20 bits per heavy atom. The quantitative estimate of drug-likeness (QED) is 0.801. The average Bonchev–Trinajstić information content (AvgIpc) is 2.57. The van der Waals surface area contributed by atoms with Crippen molar-refractivity contribution in [3.05, 3.63) is 28.2 Å². The van der Waals surface area contributed by atoms with Gasteiger partial charge in [0, 0.05) is 26.2 Å². The number of piperazine rings is 1. The smallest absolute Gasteiger partial charge is 0.413 e. The van der Waals surface area contributed by atoms with Crippen LogP contribution in [0.15, 0.2) is 23.1 Å². The van der Waals surface area contributed by atoms with E-state index in [1.807, 2.05) is 0 Å². The minimum atomic E-state index is -3.77. The Labute approximate surface area is 155 Å². The van der Waals surface area contributed by atoms with Crippen LogP contribution in [0, 0.1) is 0 Å². The number of hydrogen-bond donors (Lipinski definition) is 1. The van der Waals surface area contributed by atoms with Crippen molar-refractivity contribution in [1.82, 2.24) is 14.5 Å². The van der Waals surface area contributed by atoms with E-state index in [-0.39, 0.29) is 34.6 Å². The van der Waals surface area contributed by atoms with Gasteiger partial charge in [-0.25, -0.2) is 13.2 Å². The number of ether oxygens (including phenoxy) is 1. The van der Waals surface area contributed by atoms with Crippen LogP contribution in [0.1, 0.15) is 0 Å². The molecule has 0 unspecified atom stereocenters. The lowest BCUT2D eigenvalue weighted by Crippen LogP contribution is -2.51. The van der Waals surface area contributed by atoms with Gasteiger partial charge in [-0.05, 0) is 12.1 Å². The van der Waals surface area contributed by atoms with Gasteiger partial charge >= 0.3 is 6.09 Å². The van der Waals surface area contributed by atoms with Crippen molar-refractivity contribution >= 4 is 45.2 Å². The fourth-order valence-corrected chi connectivity index (χ4v) is 4.52. The van der Waals surface area contributed by atoms with Gasteiger partial charge in [-0.3, -0.25) is 15.0 Å². The van der Waals surface area contributed by atoms with Gasteiger partial charge in [0.2, 0.25) is 15.9 Å². The molecule has 138 valence electrons. The summed E-state index contributed by atoms with van der Waals surface area (Å²) in [6, 6.07) is 4.44. The molecular formula is C14H17Cl2N3O5S. The van der Waals surface area contributed by atoms with E-state index < -0.39 is 22.0 Å². The van der Waals surface area contributed by atoms with Crippen LogP contribution in [-0.2, 0) is 19.6 Å². The standard InChI is InChI=1S/C14H17Cl2N3O5S/c1-24-14(21)17-12(20)9-18-5-7-19(8-6-18)25(22,23)11-4-2-3-10(15)13(11)16/h2-4H,5-9H2,1H3,(H,17,20,21). The summed E-state index contributed by atoms with van der Waals surface area (Å²) in [7, 11) is -2.61. The number of halogens is 2. The fourth-order valence-electron chi connectivity index (χ4n) is 2.36. The summed E-state index contributed by atoms with van der Waals surface area (Å²) in [5.74, 6) is -0.513. The van der Waals surface area contributed by atoms with Crippen LogP contribution in [-0.4, -0.2) is 69.5 Å². The number of hydrogen-bond acceptors (Lipinski definition) is 6. The zero-order valence-electron chi connectivity index (χ0n) is 13.4. The van der Waals surface area contributed by atoms with E-state index in [0.717, 1.165) is 7.11 Å². The van der Waals surface area contributed by atoms with Gasteiger partial charge in [0.1, 0.15) is 4.90 Å². The van der Waals surface area contributed by atoms with Gasteiger partial charge in [0.25, 0.3) is 0 Å². The third kappa shape index (κ3) is 4.83. The summed E-state index contributed by atoms with van der Waals surface area (Å²) < 4.78 is 31.0. The molecule has 0 aliphatic carbocycles. The molecule has 1 saturated heterocycles. The Morgan fingerprint density at radius 3 is 2.44 bits per heavy atom. The van der Waals surface area contributed by atoms with Crippen LogP contribution < -0.4 is 5.32 Å². The lowest BCUT2D eigenvalue weighted by molar-refractivity contribution is -0.121. The SMILES string of the molecule is COC(=O)NC(=O)CN1CCN(S(=O)(=O)c2cccc(Cl)c2Cl)CC1. The van der Waals surface area contributed by atoms with Crippen LogP contribution >= 0.6 is 23.2 Å². The number of alkyl carbamates (subject to hydrolysis) is 1. The van der Waals surface area contributed by atoms with Gasteiger partial charge in [-0.15, -0.1) is 0 Å². The lowest BCUT2D eigenvalue weighted by atomic mass is 10.3. The molecule has 0 saturated carbocycles. The molecule has 1 heterocycles. The second kappa shape index (κ2) is 8.33. The van der Waals surface area contributed by atoms with E-state index in [4.69, 9.17) is 23.2 Å². The van der Waals surface area contributed by atoms with E-state index in [1.54, 1.807) is 4.90 Å². The Morgan fingerprint density at radius 2 is 1.84 bits per heavy atom. The van der Waals surface area contributed by atoms with E-state index >= 15 is 0 Å². The third-order valence-electron chi connectivity index (χ3n) is 3.66. The first-order chi connectivity index (χ1) is 11.8. The van der Waals surface area contributed by atoms with Crippen molar-refractivity contribution in [3.63, 3.8) is 0 Å². The Bertz CT molecular complexity index is 764. The zero-order valence-corrected chi connectivity index (χ0v) is 15.7. The van der Waals surface area contributed by atoms with Crippen molar-refractivity contribution in [1.29, 1.82) is 0 Å².